The van der Waals surface area contributed by atoms with E-state index in [1.165, 1.54) is 0 Å². The summed E-state index contributed by atoms with van der Waals surface area (Å²) in [4.78, 5) is 13.4. The minimum absolute atomic E-state index is 0.0363. The summed E-state index contributed by atoms with van der Waals surface area (Å²) in [6, 6.07) is 0. The highest BCUT2D eigenvalue weighted by molar-refractivity contribution is 5.78. The van der Waals surface area contributed by atoms with Gasteiger partial charge in [0, 0.05) is 12.8 Å². The average molecular weight is 227 g/mol. The predicted octanol–water partition coefficient (Wildman–Crippen LogP) is 1.46. The van der Waals surface area contributed by atoms with Crippen molar-refractivity contribution in [2.45, 2.75) is 39.2 Å². The van der Waals surface area contributed by atoms with Gasteiger partial charge in [-0.2, -0.15) is 0 Å². The molecule has 1 amide bonds. The molecule has 1 rings (SSSR count). The van der Waals surface area contributed by atoms with E-state index in [9.17, 15) is 9.90 Å². The molecule has 0 unspecified atom stereocenters. The molecule has 1 fully saturated rings. The number of hydrogen-bond donors (Lipinski definition) is 2. The summed E-state index contributed by atoms with van der Waals surface area (Å²) < 4.78 is 0. The molecule has 92 valence electrons. The second kappa shape index (κ2) is 4.09. The van der Waals surface area contributed by atoms with E-state index in [1.807, 2.05) is 20.8 Å². The van der Waals surface area contributed by atoms with Crippen LogP contribution in [0.3, 0.4) is 0 Å². The number of carbonyl (C=O) groups excluding carboxylic acids is 1. The molecule has 0 spiro atoms. The third-order valence-electron chi connectivity index (χ3n) is 2.54. The molecule has 1 saturated heterocycles. The van der Waals surface area contributed by atoms with Gasteiger partial charge in [0.05, 0.1) is 18.8 Å². The molecule has 1 aliphatic rings. The average Bonchev–Trinajstić information content (AvgIpc) is 1.94. The first-order valence-electron chi connectivity index (χ1n) is 5.48. The van der Waals surface area contributed by atoms with Gasteiger partial charge in [-0.05, 0) is 5.41 Å². The molecule has 0 bridgehead atoms. The molecule has 0 aliphatic carbocycles. The van der Waals surface area contributed by atoms with Crippen molar-refractivity contribution in [1.82, 2.24) is 4.90 Å². The highest BCUT2D eigenvalue weighted by Crippen LogP contribution is 2.29. The Kier molecular flexibility index (Phi) is 3.33. The number of carbonyl (C=O) groups is 1. The van der Waals surface area contributed by atoms with Crippen molar-refractivity contribution in [3.8, 4) is 0 Å². The molecule has 16 heavy (non-hydrogen) atoms. The lowest BCUT2D eigenvalue weighted by atomic mass is 9.86. The Balaban J connectivity index is 2.41. The second-order valence-electron chi connectivity index (χ2n) is 5.95. The Morgan fingerprint density at radius 2 is 1.94 bits per heavy atom. The molecule has 2 N–H and O–H groups in total. The molecular formula is C12H21NO3. The van der Waals surface area contributed by atoms with Crippen molar-refractivity contribution in [3.63, 3.8) is 0 Å². The van der Waals surface area contributed by atoms with Gasteiger partial charge in [0.1, 0.15) is 5.60 Å². The van der Waals surface area contributed by atoms with Crippen molar-refractivity contribution in [2.24, 2.45) is 5.41 Å². The van der Waals surface area contributed by atoms with E-state index in [1.54, 1.807) is 4.90 Å². The van der Waals surface area contributed by atoms with Crippen molar-refractivity contribution in [2.75, 3.05) is 13.1 Å². The van der Waals surface area contributed by atoms with Crippen LogP contribution in [0, 0.1) is 5.41 Å². The van der Waals surface area contributed by atoms with Crippen LogP contribution < -0.4 is 0 Å². The Morgan fingerprint density at radius 1 is 1.44 bits per heavy atom. The lowest BCUT2D eigenvalue weighted by Crippen LogP contribution is -2.63. The standard InChI is InChI=1S/C12H21NO3/c1-9(14)5-12(16)7-13(8-12)10(15)6-11(2,3)4/h14,16H,1,5-8H2,2-4H3. The number of hydrogen-bond acceptors (Lipinski definition) is 3. The minimum atomic E-state index is -0.973. The van der Waals surface area contributed by atoms with Crippen LogP contribution in [-0.2, 0) is 4.79 Å². The predicted molar refractivity (Wildman–Crippen MR) is 62.0 cm³/mol. The van der Waals surface area contributed by atoms with Crippen LogP contribution in [0.25, 0.3) is 0 Å². The van der Waals surface area contributed by atoms with E-state index in [4.69, 9.17) is 5.11 Å². The summed E-state index contributed by atoms with van der Waals surface area (Å²) in [5.74, 6) is 0.0196. The van der Waals surface area contributed by atoms with Crippen LogP contribution in [0.1, 0.15) is 33.6 Å². The molecule has 4 nitrogen and oxygen atoms in total. The number of likely N-dealkylation sites (tertiary alicyclic amines) is 1. The summed E-state index contributed by atoms with van der Waals surface area (Å²) in [5, 5.41) is 18.9. The minimum Gasteiger partial charge on any atom is -0.513 e. The van der Waals surface area contributed by atoms with E-state index in [-0.39, 0.29) is 23.5 Å². The number of amides is 1. The second-order valence-corrected chi connectivity index (χ2v) is 5.95. The van der Waals surface area contributed by atoms with Gasteiger partial charge in [0.15, 0.2) is 0 Å². The van der Waals surface area contributed by atoms with Crippen molar-refractivity contribution >= 4 is 5.91 Å². The molecule has 0 aromatic heterocycles. The van der Waals surface area contributed by atoms with Crippen LogP contribution in [-0.4, -0.2) is 39.7 Å². The topological polar surface area (TPSA) is 60.8 Å². The Bertz CT molecular complexity index is 298. The molecule has 0 aromatic carbocycles. The summed E-state index contributed by atoms with van der Waals surface area (Å²) >= 11 is 0. The van der Waals surface area contributed by atoms with Crippen molar-refractivity contribution < 1.29 is 15.0 Å². The van der Waals surface area contributed by atoms with Crippen LogP contribution in [0.5, 0.6) is 0 Å². The largest absolute Gasteiger partial charge is 0.513 e. The first-order valence-corrected chi connectivity index (χ1v) is 5.48. The summed E-state index contributed by atoms with van der Waals surface area (Å²) in [6.45, 7) is 9.95. The fourth-order valence-electron chi connectivity index (χ4n) is 1.90. The SMILES string of the molecule is C=C(O)CC1(O)CN(C(=O)CC(C)(C)C)C1. The van der Waals surface area contributed by atoms with Gasteiger partial charge in [0.2, 0.25) is 5.91 Å². The van der Waals surface area contributed by atoms with Crippen LogP contribution >= 0.6 is 0 Å². The lowest BCUT2D eigenvalue weighted by molar-refractivity contribution is -0.157. The van der Waals surface area contributed by atoms with Gasteiger partial charge < -0.3 is 15.1 Å². The Labute approximate surface area is 96.6 Å². The molecule has 0 radical (unpaired) electrons. The van der Waals surface area contributed by atoms with Crippen LogP contribution in [0.2, 0.25) is 0 Å². The number of β-amino-alcohol motifs (C(OH)–C–C–N with tert-alkyl or cyclic N) is 1. The van der Waals surface area contributed by atoms with E-state index in [0.29, 0.717) is 19.5 Å². The molecule has 0 aromatic rings. The molecule has 0 atom stereocenters. The zero-order valence-electron chi connectivity index (χ0n) is 10.3. The van der Waals surface area contributed by atoms with Crippen molar-refractivity contribution in [1.29, 1.82) is 0 Å². The third kappa shape index (κ3) is 3.52. The van der Waals surface area contributed by atoms with Crippen LogP contribution in [0.4, 0.5) is 0 Å². The number of nitrogens with zero attached hydrogens (tertiary/aromatic N) is 1. The number of rotatable bonds is 3. The van der Waals surface area contributed by atoms with E-state index in [0.717, 1.165) is 0 Å². The van der Waals surface area contributed by atoms with E-state index in [2.05, 4.69) is 6.58 Å². The molecule has 0 saturated carbocycles. The van der Waals surface area contributed by atoms with Crippen molar-refractivity contribution in [3.05, 3.63) is 12.3 Å². The van der Waals surface area contributed by atoms with Gasteiger partial charge in [-0.15, -0.1) is 0 Å². The first kappa shape index (κ1) is 13.0. The molecule has 1 heterocycles. The summed E-state index contributed by atoms with van der Waals surface area (Å²) in [7, 11) is 0. The van der Waals surface area contributed by atoms with Gasteiger partial charge in [-0.1, -0.05) is 27.4 Å². The zero-order chi connectivity index (χ0) is 12.6. The molecule has 4 heteroatoms. The monoisotopic (exact) mass is 227 g/mol. The fraction of sp³-hybridized carbons (Fsp3) is 0.750. The molecular weight excluding hydrogens is 206 g/mol. The number of aliphatic hydroxyl groups excluding tert-OH is 1. The maximum Gasteiger partial charge on any atom is 0.223 e. The highest BCUT2D eigenvalue weighted by atomic mass is 16.3. The van der Waals surface area contributed by atoms with Crippen LogP contribution in [0.15, 0.2) is 12.3 Å². The zero-order valence-corrected chi connectivity index (χ0v) is 10.3. The maximum absolute atomic E-state index is 11.7. The first-order chi connectivity index (χ1) is 7.11. The third-order valence-corrected chi connectivity index (χ3v) is 2.54. The summed E-state index contributed by atoms with van der Waals surface area (Å²) in [5.41, 5.74) is -1.01. The normalized spacial score (nSPS) is 19.1. The van der Waals surface area contributed by atoms with E-state index >= 15 is 0 Å². The lowest BCUT2D eigenvalue weighted by Gasteiger charge is -2.47. The van der Waals surface area contributed by atoms with Gasteiger partial charge in [-0.25, -0.2) is 0 Å². The van der Waals surface area contributed by atoms with Gasteiger partial charge in [0.25, 0.3) is 0 Å². The quantitative estimate of drug-likeness (QED) is 0.717. The Hall–Kier alpha value is -1.03. The summed E-state index contributed by atoms with van der Waals surface area (Å²) in [6.07, 6.45) is 0.620. The smallest absolute Gasteiger partial charge is 0.223 e. The highest BCUT2D eigenvalue weighted by Gasteiger charge is 2.44. The molecule has 1 aliphatic heterocycles. The van der Waals surface area contributed by atoms with Gasteiger partial charge in [-0.3, -0.25) is 4.79 Å². The Morgan fingerprint density at radius 3 is 2.31 bits per heavy atom. The number of aliphatic hydroxyl groups is 2. The van der Waals surface area contributed by atoms with E-state index < -0.39 is 5.60 Å². The van der Waals surface area contributed by atoms with Gasteiger partial charge >= 0.3 is 0 Å². The fourth-order valence-corrected chi connectivity index (χ4v) is 1.90. The maximum atomic E-state index is 11.7.